The number of ether oxygens (including phenoxy) is 1. The molecule has 0 spiro atoms. The Morgan fingerprint density at radius 1 is 1.10 bits per heavy atom. The Bertz CT molecular complexity index is 1120. The van der Waals surface area contributed by atoms with Gasteiger partial charge in [-0.05, 0) is 52.8 Å². The van der Waals surface area contributed by atoms with E-state index in [2.05, 4.69) is 62.7 Å². The molecule has 150 valence electrons. The Labute approximate surface area is 172 Å². The summed E-state index contributed by atoms with van der Waals surface area (Å²) in [6.45, 7) is 11.4. The zero-order valence-corrected chi connectivity index (χ0v) is 17.7. The molecule has 0 amide bonds. The van der Waals surface area contributed by atoms with E-state index in [9.17, 15) is 4.79 Å². The largest absolute Gasteiger partial charge is 0.480 e. The van der Waals surface area contributed by atoms with Crippen LogP contribution in [0.4, 0.5) is 0 Å². The van der Waals surface area contributed by atoms with Crippen LogP contribution in [0.2, 0.25) is 0 Å². The quantitative estimate of drug-likeness (QED) is 0.598. The third-order valence-corrected chi connectivity index (χ3v) is 5.44. The number of nitrogens with one attached hydrogen (secondary N) is 1. The van der Waals surface area contributed by atoms with Crippen LogP contribution in [0.5, 0.6) is 5.75 Å². The van der Waals surface area contributed by atoms with Gasteiger partial charge in [-0.15, -0.1) is 0 Å². The number of nitrogens with zero attached hydrogens (tertiary/aromatic N) is 1. The van der Waals surface area contributed by atoms with E-state index in [0.717, 1.165) is 23.2 Å². The maximum Gasteiger partial charge on any atom is 0.198 e. The molecule has 4 heteroatoms. The average Bonchev–Trinajstić information content (AvgIpc) is 2.97. The molecule has 0 radical (unpaired) electrons. The van der Waals surface area contributed by atoms with Crippen LogP contribution >= 0.6 is 0 Å². The predicted octanol–water partition coefficient (Wildman–Crippen LogP) is 5.56. The number of para-hydroxylation sites is 2. The minimum atomic E-state index is -0.454. The van der Waals surface area contributed by atoms with Crippen molar-refractivity contribution in [3.8, 4) is 5.75 Å². The molecule has 1 atom stereocenters. The van der Waals surface area contributed by atoms with Crippen LogP contribution in [0.3, 0.4) is 0 Å². The molecule has 4 nitrogen and oxygen atoms in total. The first-order valence-electron chi connectivity index (χ1n) is 10.2. The molecule has 29 heavy (non-hydrogen) atoms. The molecule has 0 saturated heterocycles. The zero-order chi connectivity index (χ0) is 20.8. The van der Waals surface area contributed by atoms with Crippen molar-refractivity contribution in [1.82, 2.24) is 9.88 Å². The molecule has 1 aromatic heterocycles. The lowest BCUT2D eigenvalue weighted by molar-refractivity contribution is 0.0959. The van der Waals surface area contributed by atoms with Crippen LogP contribution in [0.25, 0.3) is 10.9 Å². The van der Waals surface area contributed by atoms with E-state index in [1.807, 2.05) is 36.5 Å². The van der Waals surface area contributed by atoms with Gasteiger partial charge in [-0.25, -0.2) is 0 Å². The molecule has 0 aliphatic carbocycles. The molecule has 1 N–H and O–H groups in total. The summed E-state index contributed by atoms with van der Waals surface area (Å²) in [5.41, 5.74) is 4.46. The van der Waals surface area contributed by atoms with E-state index >= 15 is 0 Å². The first-order valence-corrected chi connectivity index (χ1v) is 10.2. The number of Topliss-reactive ketones (excluding diaryl/α,β-unsaturated/α-hetero) is 1. The summed E-state index contributed by atoms with van der Waals surface area (Å²) in [6, 6.07) is 15.8. The van der Waals surface area contributed by atoms with Crippen LogP contribution in [0.15, 0.2) is 60.3 Å². The SMILES string of the molecule is CCn1c(C)c(C2Oc3ccccc3C(=O)/C2=C\NC(C)(C)C)c2ccccc21. The first-order chi connectivity index (χ1) is 13.8. The van der Waals surface area contributed by atoms with Crippen LogP contribution in [-0.2, 0) is 6.54 Å². The molecule has 1 aliphatic heterocycles. The Balaban J connectivity index is 1.95. The lowest BCUT2D eigenvalue weighted by atomic mass is 9.90. The molecule has 0 fully saturated rings. The number of hydrogen-bond acceptors (Lipinski definition) is 3. The first kappa shape index (κ1) is 19.3. The third-order valence-electron chi connectivity index (χ3n) is 5.44. The summed E-state index contributed by atoms with van der Waals surface area (Å²) in [7, 11) is 0. The summed E-state index contributed by atoms with van der Waals surface area (Å²) in [5.74, 6) is 0.657. The molecular weight excluding hydrogens is 360 g/mol. The Morgan fingerprint density at radius 2 is 1.79 bits per heavy atom. The lowest BCUT2D eigenvalue weighted by Gasteiger charge is -2.30. The van der Waals surface area contributed by atoms with Gasteiger partial charge < -0.3 is 14.6 Å². The molecule has 0 saturated carbocycles. The van der Waals surface area contributed by atoms with Crippen LogP contribution in [0, 0.1) is 6.92 Å². The fourth-order valence-corrected chi connectivity index (χ4v) is 4.07. The second-order valence-electron chi connectivity index (χ2n) is 8.58. The van der Waals surface area contributed by atoms with Crippen molar-refractivity contribution < 1.29 is 9.53 Å². The number of fused-ring (bicyclic) bond motifs is 2. The van der Waals surface area contributed by atoms with Crippen molar-refractivity contribution in [2.75, 3.05) is 0 Å². The monoisotopic (exact) mass is 388 g/mol. The normalized spacial score (nSPS) is 18.0. The standard InChI is InChI=1S/C25H28N2O2/c1-6-27-16(2)22(17-11-7-9-13-20(17)27)24-19(15-26-25(3,4)5)23(28)18-12-8-10-14-21(18)29-24/h7-15,24,26H,6H2,1-5H3/b19-15+. The number of aromatic nitrogens is 1. The molecule has 1 unspecified atom stereocenters. The smallest absolute Gasteiger partial charge is 0.198 e. The van der Waals surface area contributed by atoms with Gasteiger partial charge in [-0.3, -0.25) is 4.79 Å². The van der Waals surface area contributed by atoms with E-state index in [1.165, 1.54) is 5.52 Å². The Kier molecular flexibility index (Phi) is 4.73. The number of benzene rings is 2. The molecule has 2 heterocycles. The van der Waals surface area contributed by atoms with E-state index < -0.39 is 6.10 Å². The molecule has 3 aromatic rings. The van der Waals surface area contributed by atoms with Gasteiger partial charge in [0.1, 0.15) is 5.75 Å². The highest BCUT2D eigenvalue weighted by Crippen LogP contribution is 2.42. The van der Waals surface area contributed by atoms with Crippen LogP contribution in [0.1, 0.15) is 55.4 Å². The highest BCUT2D eigenvalue weighted by Gasteiger charge is 2.36. The molecule has 2 aromatic carbocycles. The number of rotatable bonds is 3. The number of ketones is 1. The van der Waals surface area contributed by atoms with Gasteiger partial charge in [0.15, 0.2) is 11.9 Å². The van der Waals surface area contributed by atoms with Crippen molar-refractivity contribution in [3.63, 3.8) is 0 Å². The Hall–Kier alpha value is -3.01. The van der Waals surface area contributed by atoms with Gasteiger partial charge in [0.2, 0.25) is 0 Å². The summed E-state index contributed by atoms with van der Waals surface area (Å²) in [6.07, 6.45) is 1.39. The second-order valence-corrected chi connectivity index (χ2v) is 8.58. The third kappa shape index (κ3) is 3.33. The zero-order valence-electron chi connectivity index (χ0n) is 17.7. The fraction of sp³-hybridized carbons (Fsp3) is 0.320. The van der Waals surface area contributed by atoms with Crippen LogP contribution in [-0.4, -0.2) is 15.9 Å². The summed E-state index contributed by atoms with van der Waals surface area (Å²) >= 11 is 0. The highest BCUT2D eigenvalue weighted by atomic mass is 16.5. The van der Waals surface area contributed by atoms with Crippen molar-refractivity contribution in [2.45, 2.75) is 52.8 Å². The Morgan fingerprint density at radius 3 is 2.52 bits per heavy atom. The number of carbonyl (C=O) groups excluding carboxylic acids is 1. The van der Waals surface area contributed by atoms with Crippen molar-refractivity contribution >= 4 is 16.7 Å². The van der Waals surface area contributed by atoms with Crippen molar-refractivity contribution in [3.05, 3.63) is 77.1 Å². The molecular formula is C25H28N2O2. The minimum absolute atomic E-state index is 0.0151. The highest BCUT2D eigenvalue weighted by molar-refractivity contribution is 6.12. The molecule has 1 aliphatic rings. The average molecular weight is 389 g/mol. The van der Waals surface area contributed by atoms with Gasteiger partial charge in [0, 0.05) is 40.4 Å². The summed E-state index contributed by atoms with van der Waals surface area (Å²) < 4.78 is 8.76. The van der Waals surface area contributed by atoms with Crippen molar-refractivity contribution in [1.29, 1.82) is 0 Å². The maximum absolute atomic E-state index is 13.4. The summed E-state index contributed by atoms with van der Waals surface area (Å²) in [4.78, 5) is 13.4. The number of carbonyl (C=O) groups is 1. The second kappa shape index (κ2) is 7.11. The fourth-order valence-electron chi connectivity index (χ4n) is 4.07. The van der Waals surface area contributed by atoms with Gasteiger partial charge in [-0.2, -0.15) is 0 Å². The molecule has 4 rings (SSSR count). The van der Waals surface area contributed by atoms with E-state index in [0.29, 0.717) is 16.9 Å². The number of aryl methyl sites for hydroxylation is 1. The van der Waals surface area contributed by atoms with Crippen LogP contribution < -0.4 is 10.1 Å². The summed E-state index contributed by atoms with van der Waals surface area (Å²) in [5, 5.41) is 4.50. The minimum Gasteiger partial charge on any atom is -0.480 e. The van der Waals surface area contributed by atoms with E-state index in [-0.39, 0.29) is 11.3 Å². The molecule has 0 bridgehead atoms. The van der Waals surface area contributed by atoms with E-state index in [1.54, 1.807) is 0 Å². The topological polar surface area (TPSA) is 43.3 Å². The van der Waals surface area contributed by atoms with Gasteiger partial charge >= 0.3 is 0 Å². The predicted molar refractivity (Wildman–Crippen MR) is 117 cm³/mol. The lowest BCUT2D eigenvalue weighted by Crippen LogP contribution is -2.34. The number of hydrogen-bond donors (Lipinski definition) is 1. The van der Waals surface area contributed by atoms with E-state index in [4.69, 9.17) is 4.74 Å². The van der Waals surface area contributed by atoms with Gasteiger partial charge in [0.05, 0.1) is 11.1 Å². The van der Waals surface area contributed by atoms with Crippen molar-refractivity contribution in [2.24, 2.45) is 0 Å². The van der Waals surface area contributed by atoms with Gasteiger partial charge in [0.25, 0.3) is 0 Å². The van der Waals surface area contributed by atoms with Gasteiger partial charge in [-0.1, -0.05) is 30.3 Å². The maximum atomic E-state index is 13.4.